The lowest BCUT2D eigenvalue weighted by molar-refractivity contribution is -0.144. The number of nitrogens with zero attached hydrogens (tertiary/aromatic N) is 2. The van der Waals surface area contributed by atoms with Crippen molar-refractivity contribution in [2.24, 2.45) is 16.8 Å². The molecule has 174 valence electrons. The Bertz CT molecular complexity index is 1010. The van der Waals surface area contributed by atoms with E-state index in [2.05, 4.69) is 10.1 Å². The molecule has 2 aromatic rings. The summed E-state index contributed by atoms with van der Waals surface area (Å²) in [5.41, 5.74) is 10.9. The molecular weight excluding hydrogens is 414 g/mol. The molecule has 2 aliphatic rings. The van der Waals surface area contributed by atoms with Gasteiger partial charge in [0.25, 0.3) is 0 Å². The Labute approximate surface area is 195 Å². The summed E-state index contributed by atoms with van der Waals surface area (Å²) in [5, 5.41) is 6.67. The highest BCUT2D eigenvalue weighted by atomic mass is 16.5. The monoisotopic (exact) mass is 447 g/mol. The molecule has 6 nitrogen and oxygen atoms in total. The van der Waals surface area contributed by atoms with E-state index < -0.39 is 0 Å². The molecule has 1 heterocycles. The molecule has 4 rings (SSSR count). The number of benzene rings is 2. The van der Waals surface area contributed by atoms with Crippen LogP contribution in [0.15, 0.2) is 47.6 Å². The number of ketones is 1. The van der Waals surface area contributed by atoms with E-state index in [1.54, 1.807) is 0 Å². The van der Waals surface area contributed by atoms with Gasteiger partial charge in [-0.05, 0) is 67.7 Å². The van der Waals surface area contributed by atoms with E-state index in [9.17, 15) is 9.59 Å². The van der Waals surface area contributed by atoms with E-state index in [4.69, 9.17) is 10.5 Å². The summed E-state index contributed by atoms with van der Waals surface area (Å²) in [6.45, 7) is 4.22. The number of aryl methyl sites for hydroxylation is 1. The number of ether oxygens (including phenoxy) is 1. The van der Waals surface area contributed by atoms with Crippen molar-refractivity contribution in [3.05, 3.63) is 70.3 Å². The molecule has 6 heteroatoms. The first-order valence-corrected chi connectivity index (χ1v) is 12.0. The van der Waals surface area contributed by atoms with E-state index in [1.165, 1.54) is 19.3 Å². The summed E-state index contributed by atoms with van der Waals surface area (Å²) in [7, 11) is 0. The maximum absolute atomic E-state index is 13.1. The van der Waals surface area contributed by atoms with Gasteiger partial charge in [-0.3, -0.25) is 14.6 Å². The molecule has 33 heavy (non-hydrogen) atoms. The molecule has 1 aliphatic carbocycles. The largest absolute Gasteiger partial charge is 0.466 e. The second-order valence-corrected chi connectivity index (χ2v) is 8.96. The lowest BCUT2D eigenvalue weighted by Gasteiger charge is -2.30. The van der Waals surface area contributed by atoms with Crippen molar-refractivity contribution in [2.75, 3.05) is 19.7 Å². The van der Waals surface area contributed by atoms with Gasteiger partial charge in [0.1, 0.15) is 0 Å². The van der Waals surface area contributed by atoms with E-state index in [-0.39, 0.29) is 23.7 Å². The van der Waals surface area contributed by atoms with Gasteiger partial charge in [-0.1, -0.05) is 36.4 Å². The highest BCUT2D eigenvalue weighted by molar-refractivity contribution is 6.09. The van der Waals surface area contributed by atoms with Gasteiger partial charge in [-0.15, -0.1) is 0 Å². The van der Waals surface area contributed by atoms with Crippen molar-refractivity contribution in [3.8, 4) is 0 Å². The molecule has 0 spiro atoms. The van der Waals surface area contributed by atoms with Crippen LogP contribution in [0.2, 0.25) is 0 Å². The summed E-state index contributed by atoms with van der Waals surface area (Å²) < 4.78 is 5.09. The standard InChI is InChI=1S/C27H33N3O3/c1-2-33-25(31)17-22-11-10-21-16-23(12-13-24(21)26(22)28)27(32)20-8-6-19(7-9-20)18-29-30-14-4-3-5-15-30/h6-9,12-13,16,18,22,26H,2-5,10-11,14-15,17,28H2,1H3. The van der Waals surface area contributed by atoms with Gasteiger partial charge in [0.15, 0.2) is 5.78 Å². The number of esters is 1. The van der Waals surface area contributed by atoms with Crippen LogP contribution < -0.4 is 5.73 Å². The number of carbonyl (C=O) groups is 2. The summed E-state index contributed by atoms with van der Waals surface area (Å²) in [5.74, 6) is -0.130. The van der Waals surface area contributed by atoms with Gasteiger partial charge in [0.05, 0.1) is 19.2 Å². The first-order valence-electron chi connectivity index (χ1n) is 12.0. The van der Waals surface area contributed by atoms with E-state index in [1.807, 2.05) is 55.6 Å². The molecule has 0 aromatic heterocycles. The molecule has 1 fully saturated rings. The van der Waals surface area contributed by atoms with Crippen LogP contribution >= 0.6 is 0 Å². The Morgan fingerprint density at radius 1 is 1.09 bits per heavy atom. The zero-order valence-corrected chi connectivity index (χ0v) is 19.3. The van der Waals surface area contributed by atoms with E-state index in [0.29, 0.717) is 24.2 Å². The summed E-state index contributed by atoms with van der Waals surface area (Å²) in [6.07, 6.45) is 7.50. The first kappa shape index (κ1) is 23.2. The van der Waals surface area contributed by atoms with Crippen molar-refractivity contribution in [1.82, 2.24) is 5.01 Å². The minimum atomic E-state index is -0.221. The van der Waals surface area contributed by atoms with Gasteiger partial charge in [0.2, 0.25) is 0 Å². The summed E-state index contributed by atoms with van der Waals surface area (Å²) in [4.78, 5) is 25.0. The molecule has 0 amide bonds. The summed E-state index contributed by atoms with van der Waals surface area (Å²) in [6, 6.07) is 13.1. The fourth-order valence-corrected chi connectivity index (χ4v) is 4.75. The number of hydrazone groups is 1. The maximum Gasteiger partial charge on any atom is 0.306 e. The van der Waals surface area contributed by atoms with Crippen LogP contribution in [0.1, 0.15) is 77.7 Å². The average Bonchev–Trinajstić information content (AvgIpc) is 2.85. The lowest BCUT2D eigenvalue weighted by atomic mass is 9.78. The Kier molecular flexibility index (Phi) is 7.55. The molecule has 0 bridgehead atoms. The number of hydrogen-bond donors (Lipinski definition) is 1. The number of hydrogen-bond acceptors (Lipinski definition) is 6. The Morgan fingerprint density at radius 2 is 1.82 bits per heavy atom. The predicted octanol–water partition coefficient (Wildman–Crippen LogP) is 4.25. The van der Waals surface area contributed by atoms with E-state index >= 15 is 0 Å². The third-order valence-electron chi connectivity index (χ3n) is 6.67. The topological polar surface area (TPSA) is 85.0 Å². The number of carbonyl (C=O) groups excluding carboxylic acids is 2. The second-order valence-electron chi connectivity index (χ2n) is 8.96. The van der Waals surface area contributed by atoms with Gasteiger partial charge in [-0.25, -0.2) is 0 Å². The van der Waals surface area contributed by atoms with Crippen LogP contribution in [0.5, 0.6) is 0 Å². The Hall–Kier alpha value is -2.99. The van der Waals surface area contributed by atoms with Crippen molar-refractivity contribution in [2.45, 2.75) is 51.5 Å². The number of rotatable bonds is 7. The third kappa shape index (κ3) is 5.69. The highest BCUT2D eigenvalue weighted by Gasteiger charge is 2.29. The van der Waals surface area contributed by atoms with Gasteiger partial charge >= 0.3 is 5.97 Å². The predicted molar refractivity (Wildman–Crippen MR) is 129 cm³/mol. The highest BCUT2D eigenvalue weighted by Crippen LogP contribution is 2.35. The Morgan fingerprint density at radius 3 is 2.55 bits per heavy atom. The average molecular weight is 448 g/mol. The normalized spacial score (nSPS) is 20.5. The minimum Gasteiger partial charge on any atom is -0.466 e. The molecule has 1 saturated heterocycles. The molecule has 2 atom stereocenters. The molecule has 2 N–H and O–H groups in total. The zero-order chi connectivity index (χ0) is 23.2. The van der Waals surface area contributed by atoms with Crippen LogP contribution in [0.4, 0.5) is 0 Å². The van der Waals surface area contributed by atoms with Crippen LogP contribution in [0.3, 0.4) is 0 Å². The molecular formula is C27H33N3O3. The zero-order valence-electron chi connectivity index (χ0n) is 19.3. The Balaban J connectivity index is 1.42. The van der Waals surface area contributed by atoms with Crippen molar-refractivity contribution >= 4 is 18.0 Å². The van der Waals surface area contributed by atoms with Crippen LogP contribution in [0, 0.1) is 5.92 Å². The SMILES string of the molecule is CCOC(=O)CC1CCc2cc(C(=O)c3ccc(C=NN4CCCCC4)cc3)ccc2C1N. The van der Waals surface area contributed by atoms with Gasteiger partial charge < -0.3 is 10.5 Å². The number of nitrogens with two attached hydrogens (primary N) is 1. The fraction of sp³-hybridized carbons (Fsp3) is 0.444. The van der Waals surface area contributed by atoms with Gasteiger partial charge in [0, 0.05) is 30.3 Å². The molecule has 1 aliphatic heterocycles. The van der Waals surface area contributed by atoms with Crippen molar-refractivity contribution < 1.29 is 14.3 Å². The molecule has 0 saturated carbocycles. The van der Waals surface area contributed by atoms with Crippen LogP contribution in [-0.2, 0) is 16.0 Å². The van der Waals surface area contributed by atoms with E-state index in [0.717, 1.165) is 42.6 Å². The van der Waals surface area contributed by atoms with Crippen molar-refractivity contribution in [1.29, 1.82) is 0 Å². The quantitative estimate of drug-likeness (QED) is 0.390. The maximum atomic E-state index is 13.1. The van der Waals surface area contributed by atoms with Crippen molar-refractivity contribution in [3.63, 3.8) is 0 Å². The van der Waals surface area contributed by atoms with Crippen LogP contribution in [-0.4, -0.2) is 42.7 Å². The smallest absolute Gasteiger partial charge is 0.306 e. The lowest BCUT2D eigenvalue weighted by Crippen LogP contribution is -2.29. The first-order chi connectivity index (χ1) is 16.0. The van der Waals surface area contributed by atoms with Gasteiger partial charge in [-0.2, -0.15) is 5.10 Å². The van der Waals surface area contributed by atoms with Crippen LogP contribution in [0.25, 0.3) is 0 Å². The molecule has 0 radical (unpaired) electrons. The third-order valence-corrected chi connectivity index (χ3v) is 6.67. The number of fused-ring (bicyclic) bond motifs is 1. The fourth-order valence-electron chi connectivity index (χ4n) is 4.75. The molecule has 2 aromatic carbocycles. The number of piperidine rings is 1. The molecule has 2 unspecified atom stereocenters. The minimum absolute atomic E-state index is 0.000428. The summed E-state index contributed by atoms with van der Waals surface area (Å²) >= 11 is 0. The second kappa shape index (κ2) is 10.8.